The summed E-state index contributed by atoms with van der Waals surface area (Å²) in [6.45, 7) is 1.49. The minimum Gasteiger partial charge on any atom is -0.449 e. The smallest absolute Gasteiger partial charge is 0.338 e. The van der Waals surface area contributed by atoms with Gasteiger partial charge in [0.25, 0.3) is 5.91 Å². The van der Waals surface area contributed by atoms with E-state index in [0.29, 0.717) is 16.8 Å². The van der Waals surface area contributed by atoms with Gasteiger partial charge in [-0.15, -0.1) is 11.8 Å². The van der Waals surface area contributed by atoms with Gasteiger partial charge in [-0.05, 0) is 61.7 Å². The van der Waals surface area contributed by atoms with Crippen molar-refractivity contribution >= 4 is 35.2 Å². The summed E-state index contributed by atoms with van der Waals surface area (Å²) in [6, 6.07) is 13.0. The maximum Gasteiger partial charge on any atom is 0.338 e. The molecule has 0 bridgehead atoms. The number of nitrogens with two attached hydrogens (primary N) is 1. The molecule has 2 amide bonds. The zero-order valence-corrected chi connectivity index (χ0v) is 14.6. The van der Waals surface area contributed by atoms with Gasteiger partial charge in [-0.3, -0.25) is 9.59 Å². The zero-order valence-electron chi connectivity index (χ0n) is 13.8. The van der Waals surface area contributed by atoms with Crippen LogP contribution < -0.4 is 11.1 Å². The number of amides is 2. The van der Waals surface area contributed by atoms with Crippen LogP contribution >= 0.6 is 11.8 Å². The van der Waals surface area contributed by atoms with Gasteiger partial charge in [-0.25, -0.2) is 4.79 Å². The second kappa shape index (κ2) is 8.34. The fraction of sp³-hybridized carbons (Fsp3) is 0.167. The van der Waals surface area contributed by atoms with Gasteiger partial charge in [0.1, 0.15) is 0 Å². The molecule has 0 saturated heterocycles. The van der Waals surface area contributed by atoms with Gasteiger partial charge in [-0.1, -0.05) is 0 Å². The SMILES string of the molecule is CSc1ccc(C(=O)O[C@@H](C)C(=O)Nc2ccc(C(N)=O)cc2)cc1. The van der Waals surface area contributed by atoms with Crippen LogP contribution in [0.4, 0.5) is 5.69 Å². The molecular formula is C18H18N2O4S. The standard InChI is InChI=1S/C18H18N2O4S/c1-11(24-18(23)13-5-9-15(25-2)10-6-13)17(22)20-14-7-3-12(4-8-14)16(19)21/h3-11H,1-2H3,(H2,19,21)(H,20,22)/t11-/m0/s1. The highest BCUT2D eigenvalue weighted by atomic mass is 32.2. The predicted octanol–water partition coefficient (Wildman–Crippen LogP) is 2.69. The Morgan fingerprint density at radius 2 is 1.56 bits per heavy atom. The Balaban J connectivity index is 1.94. The molecule has 0 fully saturated rings. The quantitative estimate of drug-likeness (QED) is 0.611. The zero-order chi connectivity index (χ0) is 18.4. The van der Waals surface area contributed by atoms with Crippen LogP contribution in [-0.4, -0.2) is 30.1 Å². The molecule has 25 heavy (non-hydrogen) atoms. The summed E-state index contributed by atoms with van der Waals surface area (Å²) in [6.07, 6.45) is 0.971. The predicted molar refractivity (Wildman–Crippen MR) is 96.7 cm³/mol. The molecule has 0 radical (unpaired) electrons. The lowest BCUT2D eigenvalue weighted by Gasteiger charge is -2.14. The fourth-order valence-electron chi connectivity index (χ4n) is 1.97. The molecule has 2 aromatic rings. The van der Waals surface area contributed by atoms with Gasteiger partial charge < -0.3 is 15.8 Å². The molecule has 0 aliphatic carbocycles. The molecule has 0 unspecified atom stereocenters. The molecule has 1 atom stereocenters. The topological polar surface area (TPSA) is 98.5 Å². The molecule has 0 aliphatic rings. The van der Waals surface area contributed by atoms with Crippen molar-refractivity contribution in [1.82, 2.24) is 0 Å². The number of hydrogen-bond acceptors (Lipinski definition) is 5. The van der Waals surface area contributed by atoms with Crippen LogP contribution in [0.1, 0.15) is 27.6 Å². The van der Waals surface area contributed by atoms with E-state index >= 15 is 0 Å². The van der Waals surface area contributed by atoms with Crippen LogP contribution in [0.3, 0.4) is 0 Å². The number of esters is 1. The average molecular weight is 358 g/mol. The lowest BCUT2D eigenvalue weighted by atomic mass is 10.2. The Labute approximate surface area is 149 Å². The maximum atomic E-state index is 12.1. The Morgan fingerprint density at radius 1 is 1.00 bits per heavy atom. The molecule has 0 aliphatic heterocycles. The lowest BCUT2D eigenvalue weighted by molar-refractivity contribution is -0.123. The number of thioether (sulfide) groups is 1. The Hall–Kier alpha value is -2.80. The first-order valence-corrected chi connectivity index (χ1v) is 8.69. The van der Waals surface area contributed by atoms with E-state index in [2.05, 4.69) is 5.32 Å². The van der Waals surface area contributed by atoms with Crippen molar-refractivity contribution in [3.63, 3.8) is 0 Å². The van der Waals surface area contributed by atoms with E-state index in [0.717, 1.165) is 4.90 Å². The molecule has 0 saturated carbocycles. The summed E-state index contributed by atoms with van der Waals surface area (Å²) in [4.78, 5) is 36.2. The third kappa shape index (κ3) is 5.09. The summed E-state index contributed by atoms with van der Waals surface area (Å²) in [5, 5.41) is 2.61. The number of anilines is 1. The monoisotopic (exact) mass is 358 g/mol. The number of primary amides is 1. The van der Waals surface area contributed by atoms with Gasteiger partial charge in [0, 0.05) is 16.1 Å². The first-order valence-electron chi connectivity index (χ1n) is 7.46. The number of ether oxygens (including phenoxy) is 1. The van der Waals surface area contributed by atoms with E-state index in [9.17, 15) is 14.4 Å². The van der Waals surface area contributed by atoms with Crippen LogP contribution in [0.5, 0.6) is 0 Å². The van der Waals surface area contributed by atoms with Crippen molar-refractivity contribution in [3.05, 3.63) is 59.7 Å². The van der Waals surface area contributed by atoms with Crippen molar-refractivity contribution in [3.8, 4) is 0 Å². The van der Waals surface area contributed by atoms with Crippen LogP contribution in [-0.2, 0) is 9.53 Å². The lowest BCUT2D eigenvalue weighted by Crippen LogP contribution is -2.30. The highest BCUT2D eigenvalue weighted by Gasteiger charge is 2.19. The van der Waals surface area contributed by atoms with Crippen LogP contribution in [0.25, 0.3) is 0 Å². The highest BCUT2D eigenvalue weighted by Crippen LogP contribution is 2.16. The molecule has 0 spiro atoms. The minimum absolute atomic E-state index is 0.339. The molecule has 6 nitrogen and oxygen atoms in total. The summed E-state index contributed by atoms with van der Waals surface area (Å²) < 4.78 is 5.17. The number of hydrogen-bond donors (Lipinski definition) is 2. The molecule has 0 heterocycles. The van der Waals surface area contributed by atoms with Crippen molar-refractivity contribution in [2.75, 3.05) is 11.6 Å². The normalized spacial score (nSPS) is 11.4. The van der Waals surface area contributed by atoms with Crippen molar-refractivity contribution in [1.29, 1.82) is 0 Å². The van der Waals surface area contributed by atoms with E-state index < -0.39 is 23.9 Å². The first kappa shape index (κ1) is 18.5. The summed E-state index contributed by atoms with van der Waals surface area (Å²) in [5.41, 5.74) is 6.35. The van der Waals surface area contributed by atoms with Gasteiger partial charge in [0.05, 0.1) is 5.56 Å². The number of rotatable bonds is 6. The van der Waals surface area contributed by atoms with Crippen LogP contribution in [0.15, 0.2) is 53.4 Å². The van der Waals surface area contributed by atoms with E-state index in [-0.39, 0.29) is 0 Å². The van der Waals surface area contributed by atoms with Crippen LogP contribution in [0, 0.1) is 0 Å². The van der Waals surface area contributed by atoms with Crippen molar-refractivity contribution in [2.45, 2.75) is 17.9 Å². The molecule has 2 rings (SSSR count). The first-order chi connectivity index (χ1) is 11.9. The molecule has 130 valence electrons. The molecule has 2 aromatic carbocycles. The number of benzene rings is 2. The van der Waals surface area contributed by atoms with Gasteiger partial charge >= 0.3 is 5.97 Å². The highest BCUT2D eigenvalue weighted by molar-refractivity contribution is 7.98. The summed E-state index contributed by atoms with van der Waals surface area (Å²) in [7, 11) is 0. The third-order valence-electron chi connectivity index (χ3n) is 3.42. The summed E-state index contributed by atoms with van der Waals surface area (Å²) >= 11 is 1.57. The number of carbonyl (C=O) groups excluding carboxylic acids is 3. The second-order valence-corrected chi connectivity index (χ2v) is 6.09. The van der Waals surface area contributed by atoms with Crippen molar-refractivity contribution in [2.24, 2.45) is 5.73 Å². The van der Waals surface area contributed by atoms with E-state index in [1.807, 2.05) is 18.4 Å². The average Bonchev–Trinajstić information content (AvgIpc) is 2.62. The second-order valence-electron chi connectivity index (χ2n) is 5.21. The summed E-state index contributed by atoms with van der Waals surface area (Å²) in [5.74, 6) is -1.59. The van der Waals surface area contributed by atoms with Gasteiger partial charge in [-0.2, -0.15) is 0 Å². The van der Waals surface area contributed by atoms with E-state index in [1.165, 1.54) is 19.1 Å². The minimum atomic E-state index is -0.969. The molecule has 7 heteroatoms. The fourth-order valence-corrected chi connectivity index (χ4v) is 2.38. The van der Waals surface area contributed by atoms with Gasteiger partial charge in [0.2, 0.25) is 5.91 Å². The third-order valence-corrected chi connectivity index (χ3v) is 4.16. The molecular weight excluding hydrogens is 340 g/mol. The largest absolute Gasteiger partial charge is 0.449 e. The van der Waals surface area contributed by atoms with E-state index in [1.54, 1.807) is 36.0 Å². The van der Waals surface area contributed by atoms with Crippen molar-refractivity contribution < 1.29 is 19.1 Å². The van der Waals surface area contributed by atoms with Crippen LogP contribution in [0.2, 0.25) is 0 Å². The maximum absolute atomic E-state index is 12.1. The molecule has 3 N–H and O–H groups in total. The Morgan fingerprint density at radius 3 is 2.08 bits per heavy atom. The van der Waals surface area contributed by atoms with E-state index in [4.69, 9.17) is 10.5 Å². The number of nitrogens with one attached hydrogen (secondary N) is 1. The number of carbonyl (C=O) groups is 3. The van der Waals surface area contributed by atoms with Gasteiger partial charge in [0.15, 0.2) is 6.10 Å². The Bertz CT molecular complexity index is 773. The Kier molecular flexibility index (Phi) is 6.19. The molecule has 0 aromatic heterocycles.